The van der Waals surface area contributed by atoms with Crippen molar-refractivity contribution in [3.8, 4) is 5.75 Å². The Labute approximate surface area is 182 Å². The lowest BCUT2D eigenvalue weighted by Gasteiger charge is -2.35. The van der Waals surface area contributed by atoms with Gasteiger partial charge in [0.2, 0.25) is 5.91 Å². The van der Waals surface area contributed by atoms with E-state index < -0.39 is 11.5 Å². The van der Waals surface area contributed by atoms with Crippen LogP contribution in [0.15, 0.2) is 42.5 Å². The first-order chi connectivity index (χ1) is 14.8. The van der Waals surface area contributed by atoms with Crippen LogP contribution in [0.2, 0.25) is 0 Å². The standard InChI is InChI=1S/C24H28FN3O3/c1-27(2)23(30)20-14-28(13-17-6-4-5-7-21(17)25)15-24(20)11-10-16-8-9-18(31-3)12-19(16)22(29)26-24/h4-9,12,20H,10-11,13-15H2,1-3H3,(H,26,29)/t20-,24+/m1/s1. The molecule has 0 unspecified atom stereocenters. The van der Waals surface area contributed by atoms with Crippen LogP contribution < -0.4 is 10.1 Å². The van der Waals surface area contributed by atoms with Gasteiger partial charge in [-0.3, -0.25) is 14.5 Å². The molecule has 1 N–H and O–H groups in total. The lowest BCUT2D eigenvalue weighted by Crippen LogP contribution is -2.57. The van der Waals surface area contributed by atoms with Gasteiger partial charge in [-0.2, -0.15) is 0 Å². The summed E-state index contributed by atoms with van der Waals surface area (Å²) >= 11 is 0. The number of ether oxygens (including phenoxy) is 1. The number of hydrogen-bond donors (Lipinski definition) is 1. The number of aryl methyl sites for hydroxylation is 1. The molecule has 2 aliphatic rings. The summed E-state index contributed by atoms with van der Waals surface area (Å²) in [4.78, 5) is 30.0. The number of likely N-dealkylation sites (tertiary alicyclic amines) is 1. The van der Waals surface area contributed by atoms with E-state index in [9.17, 15) is 14.0 Å². The summed E-state index contributed by atoms with van der Waals surface area (Å²) < 4.78 is 19.5. The molecule has 1 fully saturated rings. The summed E-state index contributed by atoms with van der Waals surface area (Å²) in [6.07, 6.45) is 1.30. The van der Waals surface area contributed by atoms with E-state index in [1.54, 1.807) is 44.3 Å². The highest BCUT2D eigenvalue weighted by Gasteiger charge is 2.52. The third-order valence-electron chi connectivity index (χ3n) is 6.47. The minimum absolute atomic E-state index is 0.0279. The molecule has 2 aromatic rings. The van der Waals surface area contributed by atoms with E-state index in [1.165, 1.54) is 6.07 Å². The first kappa shape index (κ1) is 21.3. The summed E-state index contributed by atoms with van der Waals surface area (Å²) in [5.41, 5.74) is 1.40. The van der Waals surface area contributed by atoms with Crippen molar-refractivity contribution < 1.29 is 18.7 Å². The van der Waals surface area contributed by atoms with Crippen LogP contribution in [0.3, 0.4) is 0 Å². The molecule has 2 heterocycles. The van der Waals surface area contributed by atoms with E-state index in [-0.39, 0.29) is 17.6 Å². The van der Waals surface area contributed by atoms with E-state index in [1.807, 2.05) is 18.2 Å². The first-order valence-electron chi connectivity index (χ1n) is 10.5. The molecule has 31 heavy (non-hydrogen) atoms. The Morgan fingerprint density at radius 2 is 2.06 bits per heavy atom. The van der Waals surface area contributed by atoms with E-state index in [4.69, 9.17) is 4.74 Å². The van der Waals surface area contributed by atoms with Gasteiger partial charge in [0, 0.05) is 44.9 Å². The highest BCUT2D eigenvalue weighted by atomic mass is 19.1. The van der Waals surface area contributed by atoms with Gasteiger partial charge in [0.25, 0.3) is 5.91 Å². The monoisotopic (exact) mass is 425 g/mol. The second-order valence-corrected chi connectivity index (χ2v) is 8.68. The highest BCUT2D eigenvalue weighted by Crippen LogP contribution is 2.37. The smallest absolute Gasteiger partial charge is 0.252 e. The molecule has 0 aromatic heterocycles. The average Bonchev–Trinajstić information content (AvgIpc) is 3.03. The third kappa shape index (κ3) is 4.02. The number of halogens is 1. The maximum absolute atomic E-state index is 14.3. The normalized spacial score (nSPS) is 23.2. The van der Waals surface area contributed by atoms with Crippen LogP contribution in [-0.4, -0.2) is 61.4 Å². The largest absolute Gasteiger partial charge is 0.497 e. The number of nitrogens with one attached hydrogen (secondary N) is 1. The van der Waals surface area contributed by atoms with Gasteiger partial charge >= 0.3 is 0 Å². The maximum atomic E-state index is 14.3. The van der Waals surface area contributed by atoms with E-state index in [0.717, 1.165) is 5.56 Å². The van der Waals surface area contributed by atoms with Crippen LogP contribution in [0.25, 0.3) is 0 Å². The maximum Gasteiger partial charge on any atom is 0.252 e. The van der Waals surface area contributed by atoms with Crippen molar-refractivity contribution in [1.82, 2.24) is 15.1 Å². The Morgan fingerprint density at radius 3 is 2.77 bits per heavy atom. The quantitative estimate of drug-likeness (QED) is 0.818. The Hall–Kier alpha value is -2.93. The Morgan fingerprint density at radius 1 is 1.29 bits per heavy atom. The number of benzene rings is 2. The van der Waals surface area contributed by atoms with Crippen LogP contribution in [0.4, 0.5) is 4.39 Å². The molecule has 4 rings (SSSR count). The lowest BCUT2D eigenvalue weighted by molar-refractivity contribution is -0.134. The topological polar surface area (TPSA) is 61.9 Å². The SMILES string of the molecule is COc1ccc2c(c1)C(=O)N[C@@]1(CC2)CN(Cc2ccccc2F)C[C@@H]1C(=O)N(C)C. The van der Waals surface area contributed by atoms with E-state index in [2.05, 4.69) is 10.2 Å². The molecule has 1 saturated heterocycles. The molecule has 164 valence electrons. The number of fused-ring (bicyclic) bond motifs is 1. The molecule has 2 atom stereocenters. The second kappa shape index (κ2) is 8.30. The van der Waals surface area contributed by atoms with Crippen LogP contribution >= 0.6 is 0 Å². The van der Waals surface area contributed by atoms with Gasteiger partial charge in [-0.25, -0.2) is 4.39 Å². The fourth-order valence-electron chi connectivity index (χ4n) is 4.83. The van der Waals surface area contributed by atoms with Gasteiger partial charge in [-0.15, -0.1) is 0 Å². The zero-order valence-corrected chi connectivity index (χ0v) is 18.2. The summed E-state index contributed by atoms with van der Waals surface area (Å²) in [6, 6.07) is 12.2. The van der Waals surface area contributed by atoms with Gasteiger partial charge < -0.3 is 15.0 Å². The van der Waals surface area contributed by atoms with Crippen LogP contribution in [-0.2, 0) is 17.8 Å². The molecule has 0 bridgehead atoms. The number of methoxy groups -OCH3 is 1. The minimum Gasteiger partial charge on any atom is -0.497 e. The van der Waals surface area contributed by atoms with Crippen molar-refractivity contribution in [1.29, 1.82) is 0 Å². The fraction of sp³-hybridized carbons (Fsp3) is 0.417. The van der Waals surface area contributed by atoms with Gasteiger partial charge in [-0.05, 0) is 36.6 Å². The van der Waals surface area contributed by atoms with Crippen molar-refractivity contribution in [3.05, 3.63) is 65.0 Å². The lowest BCUT2D eigenvalue weighted by atomic mass is 9.81. The number of nitrogens with zero attached hydrogens (tertiary/aromatic N) is 2. The summed E-state index contributed by atoms with van der Waals surface area (Å²) in [7, 11) is 5.03. The van der Waals surface area contributed by atoms with Crippen LogP contribution in [0.1, 0.15) is 27.9 Å². The van der Waals surface area contributed by atoms with Gasteiger partial charge in [-0.1, -0.05) is 24.3 Å². The van der Waals surface area contributed by atoms with Gasteiger partial charge in [0.05, 0.1) is 18.6 Å². The predicted octanol–water partition coefficient (Wildman–Crippen LogP) is 2.47. The van der Waals surface area contributed by atoms with Crippen molar-refractivity contribution in [2.75, 3.05) is 34.3 Å². The second-order valence-electron chi connectivity index (χ2n) is 8.68. The molecule has 2 aliphatic heterocycles. The van der Waals surface area contributed by atoms with Crippen molar-refractivity contribution in [3.63, 3.8) is 0 Å². The molecular weight excluding hydrogens is 397 g/mol. The number of carbonyl (C=O) groups is 2. The average molecular weight is 426 g/mol. The molecule has 2 aromatic carbocycles. The first-order valence-corrected chi connectivity index (χ1v) is 10.5. The van der Waals surface area contributed by atoms with Crippen molar-refractivity contribution >= 4 is 11.8 Å². The predicted molar refractivity (Wildman–Crippen MR) is 115 cm³/mol. The number of carbonyl (C=O) groups excluding carboxylic acids is 2. The van der Waals surface area contributed by atoms with Crippen molar-refractivity contribution in [2.24, 2.45) is 5.92 Å². The van der Waals surface area contributed by atoms with Crippen molar-refractivity contribution in [2.45, 2.75) is 24.9 Å². The van der Waals surface area contributed by atoms with E-state index >= 15 is 0 Å². The number of hydrogen-bond acceptors (Lipinski definition) is 4. The van der Waals surface area contributed by atoms with E-state index in [0.29, 0.717) is 49.4 Å². The summed E-state index contributed by atoms with van der Waals surface area (Å²) in [6.45, 7) is 1.34. The molecule has 2 amide bonds. The third-order valence-corrected chi connectivity index (χ3v) is 6.47. The molecular formula is C24H28FN3O3. The van der Waals surface area contributed by atoms with Crippen LogP contribution in [0.5, 0.6) is 5.75 Å². The fourth-order valence-corrected chi connectivity index (χ4v) is 4.83. The Bertz CT molecular complexity index is 1010. The summed E-state index contributed by atoms with van der Waals surface area (Å²) in [5.74, 6) is -0.272. The summed E-state index contributed by atoms with van der Waals surface area (Å²) in [5, 5.41) is 3.20. The molecule has 0 saturated carbocycles. The number of amides is 2. The van der Waals surface area contributed by atoms with Crippen LogP contribution in [0, 0.1) is 11.7 Å². The van der Waals surface area contributed by atoms with Gasteiger partial charge in [0.15, 0.2) is 0 Å². The number of rotatable bonds is 4. The van der Waals surface area contributed by atoms with Gasteiger partial charge in [0.1, 0.15) is 11.6 Å². The molecule has 0 radical (unpaired) electrons. The molecule has 1 spiro atoms. The minimum atomic E-state index is -0.712. The zero-order chi connectivity index (χ0) is 22.2. The molecule has 6 nitrogen and oxygen atoms in total. The molecule has 7 heteroatoms. The Kier molecular flexibility index (Phi) is 5.71. The zero-order valence-electron chi connectivity index (χ0n) is 18.2. The Balaban J connectivity index is 1.66. The highest BCUT2D eigenvalue weighted by molar-refractivity contribution is 5.97. The molecule has 0 aliphatic carbocycles.